The topological polar surface area (TPSA) is 85.7 Å². The first kappa shape index (κ1) is 23.7. The molecule has 0 atom stereocenters. The van der Waals surface area contributed by atoms with E-state index in [1.165, 1.54) is 4.57 Å². The fourth-order valence-corrected chi connectivity index (χ4v) is 3.92. The lowest BCUT2D eigenvalue weighted by atomic mass is 10.1. The lowest BCUT2D eigenvalue weighted by molar-refractivity contribution is 0.0383. The van der Waals surface area contributed by atoms with E-state index in [1.54, 1.807) is 49.4 Å². The number of aryl methyl sites for hydroxylation is 1. The summed E-state index contributed by atoms with van der Waals surface area (Å²) in [5.41, 5.74) is 2.35. The first-order valence-corrected chi connectivity index (χ1v) is 11.4. The smallest absolute Gasteiger partial charge is 0.266 e. The van der Waals surface area contributed by atoms with E-state index < -0.39 is 0 Å². The Morgan fingerprint density at radius 2 is 2.00 bits per heavy atom. The molecular formula is C26H30N4O4. The number of hydrogen-bond donors (Lipinski definition) is 1. The van der Waals surface area contributed by atoms with Crippen molar-refractivity contribution in [2.75, 3.05) is 46.0 Å². The van der Waals surface area contributed by atoms with E-state index in [2.05, 4.69) is 21.8 Å². The molecule has 1 aliphatic rings. The summed E-state index contributed by atoms with van der Waals surface area (Å²) >= 11 is 0. The van der Waals surface area contributed by atoms with Crippen molar-refractivity contribution in [3.63, 3.8) is 0 Å². The van der Waals surface area contributed by atoms with Gasteiger partial charge in [0.05, 0.1) is 29.8 Å². The molecule has 0 radical (unpaired) electrons. The quantitative estimate of drug-likeness (QED) is 0.518. The highest BCUT2D eigenvalue weighted by molar-refractivity contribution is 5.94. The van der Waals surface area contributed by atoms with Crippen LogP contribution in [0.25, 0.3) is 16.6 Å². The van der Waals surface area contributed by atoms with Crippen LogP contribution in [0.1, 0.15) is 23.1 Å². The third-order valence-corrected chi connectivity index (χ3v) is 5.68. The molecule has 1 aliphatic heterocycles. The van der Waals surface area contributed by atoms with E-state index in [-0.39, 0.29) is 11.5 Å². The highest BCUT2D eigenvalue weighted by Gasteiger charge is 2.14. The zero-order valence-electron chi connectivity index (χ0n) is 19.7. The number of morpholine rings is 1. The van der Waals surface area contributed by atoms with Gasteiger partial charge in [-0.05, 0) is 55.8 Å². The van der Waals surface area contributed by atoms with Gasteiger partial charge in [0.25, 0.3) is 11.5 Å². The molecule has 2 aromatic carbocycles. The third kappa shape index (κ3) is 5.52. The SMILES string of the molecule is C=C(C)COc1ccc2nc(C)n(-c3cccc(C(=O)NCCN4CCOCC4)c3)c(=O)c2c1. The summed E-state index contributed by atoms with van der Waals surface area (Å²) < 4.78 is 12.6. The van der Waals surface area contributed by atoms with Crippen LogP contribution in [0.2, 0.25) is 0 Å². The molecule has 3 aromatic rings. The van der Waals surface area contributed by atoms with Gasteiger partial charge in [0, 0.05) is 31.7 Å². The molecule has 1 aromatic heterocycles. The van der Waals surface area contributed by atoms with Crippen molar-refractivity contribution < 1.29 is 14.3 Å². The van der Waals surface area contributed by atoms with Crippen LogP contribution >= 0.6 is 0 Å². The molecule has 1 fully saturated rings. The predicted octanol–water partition coefficient (Wildman–Crippen LogP) is 2.71. The van der Waals surface area contributed by atoms with Gasteiger partial charge in [-0.3, -0.25) is 19.1 Å². The maximum atomic E-state index is 13.4. The van der Waals surface area contributed by atoms with Crippen molar-refractivity contribution in [1.29, 1.82) is 0 Å². The number of aromatic nitrogens is 2. The fraction of sp³-hybridized carbons (Fsp3) is 0.346. The van der Waals surface area contributed by atoms with Crippen molar-refractivity contribution in [2.45, 2.75) is 13.8 Å². The average Bonchev–Trinajstić information content (AvgIpc) is 2.84. The Kier molecular flexibility index (Phi) is 7.40. The molecule has 1 N–H and O–H groups in total. The van der Waals surface area contributed by atoms with Gasteiger partial charge in [0.2, 0.25) is 0 Å². The second kappa shape index (κ2) is 10.6. The highest BCUT2D eigenvalue weighted by Crippen LogP contribution is 2.19. The second-order valence-corrected chi connectivity index (χ2v) is 8.48. The molecular weight excluding hydrogens is 432 g/mol. The summed E-state index contributed by atoms with van der Waals surface area (Å²) in [5.74, 6) is 0.946. The largest absolute Gasteiger partial charge is 0.489 e. The van der Waals surface area contributed by atoms with Crippen molar-refractivity contribution in [3.8, 4) is 11.4 Å². The van der Waals surface area contributed by atoms with E-state index in [1.807, 2.05) is 6.92 Å². The van der Waals surface area contributed by atoms with Gasteiger partial charge < -0.3 is 14.8 Å². The minimum Gasteiger partial charge on any atom is -0.489 e. The zero-order chi connectivity index (χ0) is 24.1. The van der Waals surface area contributed by atoms with E-state index in [4.69, 9.17) is 9.47 Å². The van der Waals surface area contributed by atoms with Gasteiger partial charge >= 0.3 is 0 Å². The van der Waals surface area contributed by atoms with Gasteiger partial charge in [-0.2, -0.15) is 0 Å². The maximum absolute atomic E-state index is 13.4. The molecule has 0 saturated carbocycles. The van der Waals surface area contributed by atoms with Crippen LogP contribution in [0.3, 0.4) is 0 Å². The van der Waals surface area contributed by atoms with E-state index in [0.717, 1.165) is 38.4 Å². The summed E-state index contributed by atoms with van der Waals surface area (Å²) in [4.78, 5) is 33.0. The standard InChI is InChI=1S/C26H30N4O4/c1-18(2)17-34-22-7-8-24-23(16-22)26(32)30(19(3)28-24)21-6-4-5-20(15-21)25(31)27-9-10-29-11-13-33-14-12-29/h4-8,15-16H,1,9-14,17H2,2-3H3,(H,27,31). The maximum Gasteiger partial charge on any atom is 0.266 e. The van der Waals surface area contributed by atoms with Crippen molar-refractivity contribution in [1.82, 2.24) is 19.8 Å². The number of amides is 1. The summed E-state index contributed by atoms with van der Waals surface area (Å²) in [6, 6.07) is 12.3. The van der Waals surface area contributed by atoms with Crippen LogP contribution in [0.15, 0.2) is 59.4 Å². The summed E-state index contributed by atoms with van der Waals surface area (Å²) in [6.07, 6.45) is 0. The van der Waals surface area contributed by atoms with E-state index in [9.17, 15) is 9.59 Å². The molecule has 4 rings (SSSR count). The molecule has 0 spiro atoms. The minimum atomic E-state index is -0.215. The molecule has 178 valence electrons. The molecule has 0 aliphatic carbocycles. The van der Waals surface area contributed by atoms with Crippen LogP contribution < -0.4 is 15.6 Å². The minimum absolute atomic E-state index is 0.176. The van der Waals surface area contributed by atoms with Crippen LogP contribution in [-0.4, -0.2) is 66.4 Å². The summed E-state index contributed by atoms with van der Waals surface area (Å²) in [5, 5.41) is 3.42. The Labute approximate surface area is 198 Å². The van der Waals surface area contributed by atoms with Crippen LogP contribution in [0, 0.1) is 6.92 Å². The van der Waals surface area contributed by atoms with Crippen LogP contribution in [0.4, 0.5) is 0 Å². The molecule has 8 heteroatoms. The molecule has 8 nitrogen and oxygen atoms in total. The van der Waals surface area contributed by atoms with Crippen molar-refractivity contribution in [3.05, 3.63) is 76.4 Å². The third-order valence-electron chi connectivity index (χ3n) is 5.68. The Morgan fingerprint density at radius 3 is 2.76 bits per heavy atom. The first-order valence-electron chi connectivity index (χ1n) is 11.4. The number of nitrogens with zero attached hydrogens (tertiary/aromatic N) is 3. The van der Waals surface area contributed by atoms with Gasteiger partial charge in [-0.25, -0.2) is 4.98 Å². The number of carbonyl (C=O) groups excluding carboxylic acids is 1. The van der Waals surface area contributed by atoms with Crippen LogP contribution in [0.5, 0.6) is 5.75 Å². The van der Waals surface area contributed by atoms with E-state index >= 15 is 0 Å². The normalized spacial score (nSPS) is 14.2. The first-order chi connectivity index (χ1) is 16.4. The number of hydrogen-bond acceptors (Lipinski definition) is 6. The summed E-state index contributed by atoms with van der Waals surface area (Å²) in [6.45, 7) is 12.4. The van der Waals surface area contributed by atoms with Gasteiger partial charge in [-0.15, -0.1) is 0 Å². The van der Waals surface area contributed by atoms with Crippen molar-refractivity contribution >= 4 is 16.8 Å². The van der Waals surface area contributed by atoms with E-state index in [0.29, 0.717) is 46.9 Å². The van der Waals surface area contributed by atoms with Gasteiger partial charge in [0.15, 0.2) is 0 Å². The Balaban J connectivity index is 1.56. The Bertz CT molecular complexity index is 1260. The Morgan fingerprint density at radius 1 is 1.21 bits per heavy atom. The predicted molar refractivity (Wildman–Crippen MR) is 132 cm³/mol. The van der Waals surface area contributed by atoms with Crippen molar-refractivity contribution in [2.24, 2.45) is 0 Å². The molecule has 0 unspecified atom stereocenters. The lowest BCUT2D eigenvalue weighted by Gasteiger charge is -2.26. The molecule has 0 bridgehead atoms. The van der Waals surface area contributed by atoms with Crippen LogP contribution in [-0.2, 0) is 4.74 Å². The zero-order valence-corrected chi connectivity index (χ0v) is 19.7. The lowest BCUT2D eigenvalue weighted by Crippen LogP contribution is -2.41. The number of nitrogens with one attached hydrogen (secondary N) is 1. The fourth-order valence-electron chi connectivity index (χ4n) is 3.92. The monoisotopic (exact) mass is 462 g/mol. The number of ether oxygens (including phenoxy) is 2. The number of carbonyl (C=O) groups is 1. The second-order valence-electron chi connectivity index (χ2n) is 8.48. The summed E-state index contributed by atoms with van der Waals surface area (Å²) in [7, 11) is 0. The average molecular weight is 463 g/mol. The number of benzene rings is 2. The molecule has 2 heterocycles. The van der Waals surface area contributed by atoms with Gasteiger partial charge in [-0.1, -0.05) is 12.6 Å². The Hall–Kier alpha value is -3.49. The number of rotatable bonds is 8. The molecule has 1 saturated heterocycles. The van der Waals surface area contributed by atoms with Gasteiger partial charge in [0.1, 0.15) is 18.2 Å². The number of fused-ring (bicyclic) bond motifs is 1. The molecule has 1 amide bonds. The highest BCUT2D eigenvalue weighted by atomic mass is 16.5. The molecule has 34 heavy (non-hydrogen) atoms.